The van der Waals surface area contributed by atoms with Crippen LogP contribution in [-0.2, 0) is 19.1 Å². The highest BCUT2D eigenvalue weighted by molar-refractivity contribution is 9.10. The van der Waals surface area contributed by atoms with Crippen molar-refractivity contribution in [2.75, 3.05) is 19.0 Å². The van der Waals surface area contributed by atoms with Gasteiger partial charge in [0.05, 0.1) is 18.2 Å². The molecule has 1 saturated heterocycles. The van der Waals surface area contributed by atoms with Crippen LogP contribution in [0.2, 0.25) is 0 Å². The molecule has 3 rings (SSSR count). The van der Waals surface area contributed by atoms with Gasteiger partial charge in [-0.2, -0.15) is 5.10 Å². The minimum absolute atomic E-state index is 0.154. The minimum Gasteiger partial charge on any atom is -0.483 e. The largest absolute Gasteiger partial charge is 0.483 e. The number of hydrogen-bond acceptors (Lipinski definition) is 8. The molecule has 0 atom stereocenters. The molecule has 0 spiro atoms. The van der Waals surface area contributed by atoms with Crippen molar-refractivity contribution < 1.29 is 23.9 Å². The summed E-state index contributed by atoms with van der Waals surface area (Å²) in [4.78, 5) is 35.4. The molecule has 2 amide bonds. The summed E-state index contributed by atoms with van der Waals surface area (Å²) in [5.74, 6) is -0.989. The van der Waals surface area contributed by atoms with Crippen LogP contribution >= 0.6 is 27.7 Å². The fraction of sp³-hybridized carbons (Fsp3) is 0.0952. The van der Waals surface area contributed by atoms with Crippen LogP contribution in [-0.4, -0.2) is 42.9 Å². The second-order valence-electron chi connectivity index (χ2n) is 6.12. The van der Waals surface area contributed by atoms with E-state index < -0.39 is 11.9 Å². The molecule has 164 valence electrons. The summed E-state index contributed by atoms with van der Waals surface area (Å²) >= 11 is 4.34. The Kier molecular flexibility index (Phi) is 8.17. The van der Waals surface area contributed by atoms with Crippen molar-refractivity contribution in [3.05, 3.63) is 69.5 Å². The van der Waals surface area contributed by atoms with Gasteiger partial charge in [0, 0.05) is 21.8 Å². The first-order valence-corrected chi connectivity index (χ1v) is 10.7. The molecule has 0 radical (unpaired) electrons. The Labute approximate surface area is 196 Å². The van der Waals surface area contributed by atoms with E-state index in [-0.39, 0.29) is 22.6 Å². The lowest BCUT2D eigenvalue weighted by atomic mass is 10.2. The van der Waals surface area contributed by atoms with Crippen molar-refractivity contribution in [3.8, 4) is 5.75 Å². The summed E-state index contributed by atoms with van der Waals surface area (Å²) in [6.07, 6.45) is 2.50. The zero-order chi connectivity index (χ0) is 22.9. The van der Waals surface area contributed by atoms with Crippen molar-refractivity contribution in [2.45, 2.75) is 0 Å². The van der Waals surface area contributed by atoms with Crippen LogP contribution in [0.5, 0.6) is 5.75 Å². The summed E-state index contributed by atoms with van der Waals surface area (Å²) in [7, 11) is 1.22. The van der Waals surface area contributed by atoms with Gasteiger partial charge in [-0.3, -0.25) is 14.9 Å². The molecule has 0 unspecified atom stereocenters. The van der Waals surface area contributed by atoms with Gasteiger partial charge in [-0.25, -0.2) is 4.79 Å². The third kappa shape index (κ3) is 6.79. The van der Waals surface area contributed by atoms with Crippen molar-refractivity contribution in [2.24, 2.45) is 10.2 Å². The zero-order valence-corrected chi connectivity index (χ0v) is 19.1. The number of thioether (sulfide) groups is 1. The van der Waals surface area contributed by atoms with E-state index in [0.717, 1.165) is 22.3 Å². The number of ether oxygens (including phenoxy) is 2. The molecule has 9 nitrogen and oxygen atoms in total. The smallest absolute Gasteiger partial charge is 0.331 e. The number of amidine groups is 1. The highest BCUT2D eigenvalue weighted by Crippen LogP contribution is 2.24. The molecule has 0 saturated carbocycles. The number of halogens is 1. The Morgan fingerprint density at radius 1 is 1.22 bits per heavy atom. The van der Waals surface area contributed by atoms with Crippen LogP contribution in [0.1, 0.15) is 5.56 Å². The number of esters is 1. The van der Waals surface area contributed by atoms with Crippen LogP contribution in [0.3, 0.4) is 0 Å². The van der Waals surface area contributed by atoms with Gasteiger partial charge in [0.1, 0.15) is 5.75 Å². The lowest BCUT2D eigenvalue weighted by Gasteiger charge is -2.10. The highest BCUT2D eigenvalue weighted by atomic mass is 79.9. The second-order valence-corrected chi connectivity index (χ2v) is 8.07. The number of hydrogen-bond donors (Lipinski definition) is 2. The van der Waals surface area contributed by atoms with Crippen molar-refractivity contribution >= 4 is 62.5 Å². The monoisotopic (exact) mass is 516 g/mol. The molecule has 1 aliphatic rings. The SMILES string of the molecule is COC(=O)/C=C1/S/C(=N\N=Cc2cc(Br)ccc2OCC(=O)Nc2ccccc2)NC1=O. The first-order chi connectivity index (χ1) is 15.4. The number of nitrogens with one attached hydrogen (secondary N) is 2. The van der Waals surface area contributed by atoms with E-state index >= 15 is 0 Å². The number of anilines is 1. The number of benzene rings is 2. The number of nitrogens with zero attached hydrogens (tertiary/aromatic N) is 2. The van der Waals surface area contributed by atoms with Crippen LogP contribution in [0.25, 0.3) is 0 Å². The Morgan fingerprint density at radius 2 is 2.00 bits per heavy atom. The van der Waals surface area contributed by atoms with Gasteiger partial charge in [-0.1, -0.05) is 34.1 Å². The average molecular weight is 517 g/mol. The van der Waals surface area contributed by atoms with Crippen LogP contribution in [0.15, 0.2) is 74.2 Å². The highest BCUT2D eigenvalue weighted by Gasteiger charge is 2.25. The van der Waals surface area contributed by atoms with Gasteiger partial charge in [0.15, 0.2) is 11.8 Å². The molecule has 2 aromatic rings. The van der Waals surface area contributed by atoms with Crippen molar-refractivity contribution in [3.63, 3.8) is 0 Å². The van der Waals surface area contributed by atoms with Crippen LogP contribution in [0, 0.1) is 0 Å². The summed E-state index contributed by atoms with van der Waals surface area (Å²) in [6.45, 7) is -0.195. The molecule has 1 aliphatic heterocycles. The Hall–Kier alpha value is -3.44. The van der Waals surface area contributed by atoms with Gasteiger partial charge in [-0.15, -0.1) is 5.10 Å². The number of methoxy groups -OCH3 is 1. The van der Waals surface area contributed by atoms with Crippen LogP contribution < -0.4 is 15.4 Å². The number of carbonyl (C=O) groups excluding carboxylic acids is 3. The zero-order valence-electron chi connectivity index (χ0n) is 16.7. The van der Waals surface area contributed by atoms with E-state index in [9.17, 15) is 14.4 Å². The number of para-hydroxylation sites is 1. The maximum absolute atomic E-state index is 12.1. The van der Waals surface area contributed by atoms with E-state index in [0.29, 0.717) is 17.0 Å². The number of amides is 2. The molecule has 1 fully saturated rings. The molecule has 2 N–H and O–H groups in total. The topological polar surface area (TPSA) is 118 Å². The second kappa shape index (κ2) is 11.3. The lowest BCUT2D eigenvalue weighted by Crippen LogP contribution is -2.20. The molecule has 1 heterocycles. The average Bonchev–Trinajstić information content (AvgIpc) is 3.12. The fourth-order valence-corrected chi connectivity index (χ4v) is 3.52. The van der Waals surface area contributed by atoms with Crippen molar-refractivity contribution in [1.29, 1.82) is 0 Å². The molecule has 11 heteroatoms. The predicted octanol–water partition coefficient (Wildman–Crippen LogP) is 3.08. The summed E-state index contributed by atoms with van der Waals surface area (Å²) in [5, 5.41) is 13.4. The fourth-order valence-electron chi connectivity index (χ4n) is 2.40. The normalized spacial score (nSPS) is 15.8. The third-order valence-corrected chi connectivity index (χ3v) is 5.23. The Balaban J connectivity index is 1.65. The summed E-state index contributed by atoms with van der Waals surface area (Å²) in [5.41, 5.74) is 1.24. The maximum atomic E-state index is 12.1. The Morgan fingerprint density at radius 3 is 2.75 bits per heavy atom. The Bertz CT molecular complexity index is 1120. The van der Waals surface area contributed by atoms with E-state index in [1.807, 2.05) is 18.2 Å². The molecule has 0 aromatic heterocycles. The maximum Gasteiger partial charge on any atom is 0.331 e. The standard InChI is InChI=1S/C21H17BrN4O5S/c1-30-19(28)10-17-20(29)25-21(32-17)26-23-11-13-9-14(22)7-8-16(13)31-12-18(27)24-15-5-3-2-4-6-15/h2-11H,12H2,1H3,(H,24,27)(H,25,26,29)/b17-10+,23-11?. The van der Waals surface area contributed by atoms with E-state index in [4.69, 9.17) is 4.74 Å². The van der Waals surface area contributed by atoms with E-state index in [1.54, 1.807) is 30.3 Å². The molecule has 2 aromatic carbocycles. The summed E-state index contributed by atoms with van der Waals surface area (Å²) in [6, 6.07) is 14.3. The van der Waals surface area contributed by atoms with Crippen LogP contribution in [0.4, 0.5) is 5.69 Å². The minimum atomic E-state index is -0.639. The predicted molar refractivity (Wildman–Crippen MR) is 126 cm³/mol. The van der Waals surface area contributed by atoms with E-state index in [2.05, 4.69) is 41.5 Å². The summed E-state index contributed by atoms with van der Waals surface area (Å²) < 4.78 is 10.9. The first-order valence-electron chi connectivity index (χ1n) is 9.11. The van der Waals surface area contributed by atoms with E-state index in [1.165, 1.54) is 13.3 Å². The van der Waals surface area contributed by atoms with Gasteiger partial charge in [-0.05, 0) is 42.1 Å². The quantitative estimate of drug-likeness (QED) is 0.252. The number of carbonyl (C=O) groups is 3. The van der Waals surface area contributed by atoms with Gasteiger partial charge >= 0.3 is 5.97 Å². The molecular weight excluding hydrogens is 500 g/mol. The molecular formula is C21H17BrN4O5S. The molecule has 32 heavy (non-hydrogen) atoms. The first kappa shape index (κ1) is 23.2. The van der Waals surface area contributed by atoms with Gasteiger partial charge in [0.2, 0.25) is 0 Å². The van der Waals surface area contributed by atoms with Crippen molar-refractivity contribution in [1.82, 2.24) is 5.32 Å². The lowest BCUT2D eigenvalue weighted by molar-refractivity contribution is -0.135. The van der Waals surface area contributed by atoms with Gasteiger partial charge < -0.3 is 14.8 Å². The molecule has 0 bridgehead atoms. The molecule has 0 aliphatic carbocycles. The third-order valence-electron chi connectivity index (χ3n) is 3.83. The van der Waals surface area contributed by atoms with Gasteiger partial charge in [0.25, 0.3) is 11.8 Å². The number of rotatable bonds is 7.